The first-order valence-electron chi connectivity index (χ1n) is 12.7. The first-order chi connectivity index (χ1) is 18.3. The first kappa shape index (κ1) is 26.4. The van der Waals surface area contributed by atoms with E-state index in [0.29, 0.717) is 28.9 Å². The van der Waals surface area contributed by atoms with Gasteiger partial charge < -0.3 is 21.4 Å². The van der Waals surface area contributed by atoms with Gasteiger partial charge in [-0.25, -0.2) is 0 Å². The fourth-order valence-electron chi connectivity index (χ4n) is 4.57. The molecule has 38 heavy (non-hydrogen) atoms. The van der Waals surface area contributed by atoms with E-state index < -0.39 is 5.91 Å². The number of aromatic nitrogens is 1. The van der Waals surface area contributed by atoms with Crippen LogP contribution >= 0.6 is 0 Å². The molecule has 194 valence electrons. The van der Waals surface area contributed by atoms with Gasteiger partial charge in [-0.05, 0) is 72.0 Å². The molecule has 3 aromatic carbocycles. The van der Waals surface area contributed by atoms with Crippen molar-refractivity contribution < 1.29 is 14.4 Å². The van der Waals surface area contributed by atoms with E-state index in [1.807, 2.05) is 55.5 Å². The highest BCUT2D eigenvalue weighted by Crippen LogP contribution is 2.37. The fourth-order valence-corrected chi connectivity index (χ4v) is 4.57. The quantitative estimate of drug-likeness (QED) is 0.157. The van der Waals surface area contributed by atoms with Crippen LogP contribution in [0.3, 0.4) is 0 Å². The molecule has 0 aliphatic carbocycles. The molecule has 0 atom stereocenters. The lowest BCUT2D eigenvalue weighted by Gasteiger charge is -2.13. The molecule has 7 heteroatoms. The molecule has 5 N–H and O–H groups in total. The maximum Gasteiger partial charge on any atom is 0.251 e. The third-order valence-electron chi connectivity index (χ3n) is 6.63. The number of anilines is 1. The highest BCUT2D eigenvalue weighted by molar-refractivity contribution is 6.11. The summed E-state index contributed by atoms with van der Waals surface area (Å²) in [6.45, 7) is 8.21. The van der Waals surface area contributed by atoms with E-state index >= 15 is 0 Å². The molecule has 1 heterocycles. The molecular formula is C31H32N4O3. The molecule has 0 bridgehead atoms. The summed E-state index contributed by atoms with van der Waals surface area (Å²) >= 11 is 0. The summed E-state index contributed by atoms with van der Waals surface area (Å²) in [5.41, 5.74) is 12.1. The minimum absolute atomic E-state index is 0.119. The number of primary amides is 1. The van der Waals surface area contributed by atoms with Crippen molar-refractivity contribution in [1.82, 2.24) is 10.3 Å². The predicted octanol–water partition coefficient (Wildman–Crippen LogP) is 5.95. The van der Waals surface area contributed by atoms with Crippen LogP contribution in [0, 0.1) is 6.92 Å². The molecule has 7 nitrogen and oxygen atoms in total. The lowest BCUT2D eigenvalue weighted by atomic mass is 9.94. The van der Waals surface area contributed by atoms with Crippen LogP contribution in [-0.2, 0) is 4.79 Å². The van der Waals surface area contributed by atoms with Crippen LogP contribution in [0.25, 0.3) is 33.3 Å². The van der Waals surface area contributed by atoms with Crippen molar-refractivity contribution in [2.75, 3.05) is 11.9 Å². The maximum atomic E-state index is 12.7. The van der Waals surface area contributed by atoms with Gasteiger partial charge in [-0.3, -0.25) is 14.4 Å². The largest absolute Gasteiger partial charge is 0.366 e. The number of carbonyl (C=O) groups excluding carboxylic acids is 3. The van der Waals surface area contributed by atoms with Crippen LogP contribution in [0.4, 0.5) is 5.69 Å². The van der Waals surface area contributed by atoms with Gasteiger partial charge in [0, 0.05) is 28.9 Å². The van der Waals surface area contributed by atoms with Gasteiger partial charge in [0.2, 0.25) is 5.91 Å². The zero-order valence-electron chi connectivity index (χ0n) is 21.7. The molecule has 0 unspecified atom stereocenters. The Morgan fingerprint density at radius 3 is 2.53 bits per heavy atom. The summed E-state index contributed by atoms with van der Waals surface area (Å²) in [5.74, 6) is -0.955. The highest BCUT2D eigenvalue weighted by atomic mass is 16.2. The van der Waals surface area contributed by atoms with E-state index in [-0.39, 0.29) is 11.8 Å². The zero-order valence-corrected chi connectivity index (χ0v) is 21.7. The average Bonchev–Trinajstić information content (AvgIpc) is 3.37. The molecule has 0 saturated carbocycles. The number of hydrogen-bond donors (Lipinski definition) is 4. The number of carbonyl (C=O) groups is 3. The van der Waals surface area contributed by atoms with E-state index in [1.165, 1.54) is 6.08 Å². The van der Waals surface area contributed by atoms with E-state index in [4.69, 9.17) is 5.73 Å². The van der Waals surface area contributed by atoms with Gasteiger partial charge >= 0.3 is 0 Å². The number of rotatable bonds is 10. The van der Waals surface area contributed by atoms with Crippen molar-refractivity contribution in [2.45, 2.75) is 33.1 Å². The normalized spacial score (nSPS) is 10.8. The first-order valence-corrected chi connectivity index (χ1v) is 12.7. The summed E-state index contributed by atoms with van der Waals surface area (Å²) in [5, 5.41) is 6.62. The lowest BCUT2D eigenvalue weighted by molar-refractivity contribution is -0.111. The second-order valence-electron chi connectivity index (χ2n) is 9.21. The summed E-state index contributed by atoms with van der Waals surface area (Å²) < 4.78 is 0. The summed E-state index contributed by atoms with van der Waals surface area (Å²) in [7, 11) is 0. The lowest BCUT2D eigenvalue weighted by Crippen LogP contribution is -2.24. The monoisotopic (exact) mass is 508 g/mol. The number of benzene rings is 3. The van der Waals surface area contributed by atoms with Crippen LogP contribution in [0.2, 0.25) is 0 Å². The Hall–Kier alpha value is -4.65. The second-order valence-corrected chi connectivity index (χ2v) is 9.21. The fraction of sp³-hybridized carbons (Fsp3) is 0.194. The van der Waals surface area contributed by atoms with Crippen molar-refractivity contribution in [2.24, 2.45) is 5.73 Å². The smallest absolute Gasteiger partial charge is 0.251 e. The summed E-state index contributed by atoms with van der Waals surface area (Å²) in [6, 6.07) is 18.6. The van der Waals surface area contributed by atoms with Gasteiger partial charge in [0.1, 0.15) is 0 Å². The molecular weight excluding hydrogens is 476 g/mol. The number of hydrogen-bond acceptors (Lipinski definition) is 3. The Balaban J connectivity index is 1.78. The molecule has 3 amide bonds. The van der Waals surface area contributed by atoms with Crippen molar-refractivity contribution in [3.63, 3.8) is 0 Å². The molecule has 4 aromatic rings. The predicted molar refractivity (Wildman–Crippen MR) is 153 cm³/mol. The van der Waals surface area contributed by atoms with Gasteiger partial charge in [-0.2, -0.15) is 0 Å². The molecule has 0 saturated heterocycles. The standard InChI is InChI=1S/C31H32N4O3/c1-4-6-7-16-33-31(38)21-11-8-10-20(17-21)27-18-25-23(14-15-24(30(32)37)29(25)35-27)22-12-9-13-26(19(22)3)34-28(36)5-2/h5,8-15,17-18,35H,2,4,6-7,16H2,1,3H3,(H2,32,37)(H,33,38)(H,34,36). The van der Waals surface area contributed by atoms with Crippen LogP contribution in [-0.4, -0.2) is 29.3 Å². The van der Waals surface area contributed by atoms with Crippen LogP contribution in [0.1, 0.15) is 52.5 Å². The van der Waals surface area contributed by atoms with Crippen molar-refractivity contribution >= 4 is 34.3 Å². The van der Waals surface area contributed by atoms with Gasteiger partial charge in [-0.1, -0.05) is 56.7 Å². The Morgan fingerprint density at radius 2 is 1.79 bits per heavy atom. The molecule has 0 radical (unpaired) electrons. The number of nitrogens with one attached hydrogen (secondary N) is 3. The molecule has 4 rings (SSSR count). The third kappa shape index (κ3) is 5.52. The Bertz CT molecular complexity index is 1530. The molecule has 0 spiro atoms. The minimum Gasteiger partial charge on any atom is -0.366 e. The van der Waals surface area contributed by atoms with Crippen molar-refractivity contribution in [1.29, 1.82) is 0 Å². The van der Waals surface area contributed by atoms with Gasteiger partial charge in [0.05, 0.1) is 11.1 Å². The Morgan fingerprint density at radius 1 is 1.00 bits per heavy atom. The SMILES string of the molecule is C=CC(=O)Nc1cccc(-c2ccc(C(N)=O)c3[nH]c(-c4cccc(C(=O)NCCCCC)c4)cc23)c1C. The van der Waals surface area contributed by atoms with Gasteiger partial charge in [0.25, 0.3) is 11.8 Å². The van der Waals surface area contributed by atoms with E-state index in [2.05, 4.69) is 29.1 Å². The number of fused-ring (bicyclic) bond motifs is 1. The van der Waals surface area contributed by atoms with Crippen molar-refractivity contribution in [3.8, 4) is 22.4 Å². The molecule has 1 aromatic heterocycles. The summed E-state index contributed by atoms with van der Waals surface area (Å²) in [4.78, 5) is 40.2. The Labute approximate surface area is 222 Å². The number of nitrogens with two attached hydrogens (primary N) is 1. The topological polar surface area (TPSA) is 117 Å². The molecule has 0 fully saturated rings. The zero-order chi connectivity index (χ0) is 27.2. The maximum absolute atomic E-state index is 12.7. The number of unbranched alkanes of at least 4 members (excludes halogenated alkanes) is 2. The molecule has 0 aliphatic rings. The van der Waals surface area contributed by atoms with E-state index in [0.717, 1.165) is 52.6 Å². The van der Waals surface area contributed by atoms with Gasteiger partial charge in [-0.15, -0.1) is 0 Å². The van der Waals surface area contributed by atoms with Crippen molar-refractivity contribution in [3.05, 3.63) is 90.0 Å². The van der Waals surface area contributed by atoms with Crippen LogP contribution < -0.4 is 16.4 Å². The van der Waals surface area contributed by atoms with E-state index in [9.17, 15) is 14.4 Å². The van der Waals surface area contributed by atoms with E-state index in [1.54, 1.807) is 12.1 Å². The third-order valence-corrected chi connectivity index (χ3v) is 6.63. The van der Waals surface area contributed by atoms with Gasteiger partial charge in [0.15, 0.2) is 0 Å². The number of aromatic amines is 1. The molecule has 0 aliphatic heterocycles. The van der Waals surface area contributed by atoms with Crippen LogP contribution in [0.5, 0.6) is 0 Å². The van der Waals surface area contributed by atoms with Crippen LogP contribution in [0.15, 0.2) is 73.3 Å². The number of H-pyrrole nitrogens is 1. The number of amides is 3. The second kappa shape index (κ2) is 11.6. The highest BCUT2D eigenvalue weighted by Gasteiger charge is 2.18. The summed E-state index contributed by atoms with van der Waals surface area (Å²) in [6.07, 6.45) is 4.34. The average molecular weight is 509 g/mol. The Kier molecular flexibility index (Phi) is 8.06. The minimum atomic E-state index is -0.543.